The zero-order valence-electron chi connectivity index (χ0n) is 9.64. The van der Waals surface area contributed by atoms with Crippen LogP contribution in [0.3, 0.4) is 0 Å². The standard InChI is InChI=1S/C11H20O4/c1-5-6-14-10-8(2)15-9(7-12-3)11(10)13-4/h5,8-11H,1,6-7H2,2-4H3/t8-,9+,10+,11?/m0/s1. The van der Waals surface area contributed by atoms with E-state index in [0.717, 1.165) is 0 Å². The van der Waals surface area contributed by atoms with E-state index in [1.807, 2.05) is 6.92 Å². The van der Waals surface area contributed by atoms with Crippen molar-refractivity contribution in [2.45, 2.75) is 31.3 Å². The summed E-state index contributed by atoms with van der Waals surface area (Å²) < 4.78 is 21.8. The Balaban J connectivity index is 2.56. The number of ether oxygens (including phenoxy) is 4. The monoisotopic (exact) mass is 216 g/mol. The quantitative estimate of drug-likeness (QED) is 0.621. The average molecular weight is 216 g/mol. The van der Waals surface area contributed by atoms with Gasteiger partial charge in [-0.3, -0.25) is 0 Å². The summed E-state index contributed by atoms with van der Waals surface area (Å²) in [6.45, 7) is 6.64. The van der Waals surface area contributed by atoms with Gasteiger partial charge in [0.15, 0.2) is 0 Å². The van der Waals surface area contributed by atoms with Gasteiger partial charge >= 0.3 is 0 Å². The largest absolute Gasteiger partial charge is 0.382 e. The van der Waals surface area contributed by atoms with Crippen molar-refractivity contribution in [2.75, 3.05) is 27.4 Å². The topological polar surface area (TPSA) is 36.9 Å². The van der Waals surface area contributed by atoms with Crippen LogP contribution in [-0.2, 0) is 18.9 Å². The lowest BCUT2D eigenvalue weighted by molar-refractivity contribution is -0.0510. The van der Waals surface area contributed by atoms with Crippen molar-refractivity contribution in [2.24, 2.45) is 0 Å². The summed E-state index contributed by atoms with van der Waals surface area (Å²) in [4.78, 5) is 0. The SMILES string of the molecule is C=CCO[C@H]1C(OC)[C@@H](COC)O[C@H]1C. The number of methoxy groups -OCH3 is 2. The Morgan fingerprint density at radius 2 is 2.07 bits per heavy atom. The van der Waals surface area contributed by atoms with Crippen molar-refractivity contribution in [3.63, 3.8) is 0 Å². The molecule has 0 amide bonds. The number of rotatable bonds is 6. The molecule has 15 heavy (non-hydrogen) atoms. The zero-order valence-corrected chi connectivity index (χ0v) is 9.64. The first-order valence-electron chi connectivity index (χ1n) is 5.14. The molecular formula is C11H20O4. The molecule has 1 aliphatic heterocycles. The van der Waals surface area contributed by atoms with Crippen LogP contribution in [-0.4, -0.2) is 51.8 Å². The Morgan fingerprint density at radius 1 is 1.33 bits per heavy atom. The molecule has 1 aliphatic rings. The van der Waals surface area contributed by atoms with Crippen molar-refractivity contribution in [3.05, 3.63) is 12.7 Å². The van der Waals surface area contributed by atoms with Gasteiger partial charge in [-0.25, -0.2) is 0 Å². The third-order valence-electron chi connectivity index (χ3n) is 2.55. The third-order valence-corrected chi connectivity index (χ3v) is 2.55. The fraction of sp³-hybridized carbons (Fsp3) is 0.818. The molecule has 4 heteroatoms. The highest BCUT2D eigenvalue weighted by molar-refractivity contribution is 4.91. The van der Waals surface area contributed by atoms with Crippen molar-refractivity contribution >= 4 is 0 Å². The lowest BCUT2D eigenvalue weighted by atomic mass is 10.1. The normalized spacial score (nSPS) is 35.7. The highest BCUT2D eigenvalue weighted by Gasteiger charge is 2.43. The van der Waals surface area contributed by atoms with Gasteiger partial charge < -0.3 is 18.9 Å². The maximum Gasteiger partial charge on any atom is 0.114 e. The van der Waals surface area contributed by atoms with Crippen LogP contribution < -0.4 is 0 Å². The van der Waals surface area contributed by atoms with E-state index in [4.69, 9.17) is 18.9 Å². The lowest BCUT2D eigenvalue weighted by Gasteiger charge is -2.21. The first-order chi connectivity index (χ1) is 7.24. The molecule has 0 N–H and O–H groups in total. The van der Waals surface area contributed by atoms with Crippen molar-refractivity contribution in [1.82, 2.24) is 0 Å². The van der Waals surface area contributed by atoms with Gasteiger partial charge in [0.1, 0.15) is 18.3 Å². The van der Waals surface area contributed by atoms with E-state index in [1.165, 1.54) is 0 Å². The Morgan fingerprint density at radius 3 is 2.60 bits per heavy atom. The molecule has 0 aromatic heterocycles. The second-order valence-electron chi connectivity index (χ2n) is 3.62. The minimum Gasteiger partial charge on any atom is -0.382 e. The van der Waals surface area contributed by atoms with Crippen LogP contribution in [0.15, 0.2) is 12.7 Å². The van der Waals surface area contributed by atoms with Crippen LogP contribution in [0.25, 0.3) is 0 Å². The zero-order chi connectivity index (χ0) is 11.3. The van der Waals surface area contributed by atoms with Gasteiger partial charge in [0.2, 0.25) is 0 Å². The molecule has 1 fully saturated rings. The molecule has 0 aromatic carbocycles. The first kappa shape index (κ1) is 12.6. The highest BCUT2D eigenvalue weighted by Crippen LogP contribution is 2.26. The molecule has 88 valence electrons. The summed E-state index contributed by atoms with van der Waals surface area (Å²) in [5.41, 5.74) is 0. The Kier molecular flexibility index (Phi) is 5.25. The van der Waals surface area contributed by atoms with Crippen LogP contribution >= 0.6 is 0 Å². The molecular weight excluding hydrogens is 196 g/mol. The molecule has 0 radical (unpaired) electrons. The molecule has 0 aromatic rings. The van der Waals surface area contributed by atoms with Crippen molar-refractivity contribution in [3.8, 4) is 0 Å². The van der Waals surface area contributed by atoms with E-state index in [1.54, 1.807) is 20.3 Å². The van der Waals surface area contributed by atoms with E-state index in [-0.39, 0.29) is 24.4 Å². The minimum absolute atomic E-state index is 0.0232. The maximum absolute atomic E-state index is 5.71. The number of hydrogen-bond acceptors (Lipinski definition) is 4. The molecule has 0 spiro atoms. The molecule has 1 unspecified atom stereocenters. The average Bonchev–Trinajstić information content (AvgIpc) is 2.52. The molecule has 0 saturated carbocycles. The van der Waals surface area contributed by atoms with Crippen molar-refractivity contribution < 1.29 is 18.9 Å². The molecule has 1 heterocycles. The smallest absolute Gasteiger partial charge is 0.114 e. The Bertz CT molecular complexity index is 195. The summed E-state index contributed by atoms with van der Waals surface area (Å²) in [6.07, 6.45) is 1.58. The van der Waals surface area contributed by atoms with E-state index in [2.05, 4.69) is 6.58 Å². The summed E-state index contributed by atoms with van der Waals surface area (Å²) >= 11 is 0. The third kappa shape index (κ3) is 3.01. The molecule has 4 nitrogen and oxygen atoms in total. The number of hydrogen-bond donors (Lipinski definition) is 0. The van der Waals surface area contributed by atoms with Gasteiger partial charge in [-0.1, -0.05) is 6.08 Å². The van der Waals surface area contributed by atoms with Gasteiger partial charge in [-0.2, -0.15) is 0 Å². The van der Waals surface area contributed by atoms with E-state index in [9.17, 15) is 0 Å². The molecule has 1 rings (SSSR count). The fourth-order valence-electron chi connectivity index (χ4n) is 1.90. The van der Waals surface area contributed by atoms with E-state index < -0.39 is 0 Å². The first-order valence-corrected chi connectivity index (χ1v) is 5.14. The van der Waals surface area contributed by atoms with Gasteiger partial charge in [0.05, 0.1) is 19.3 Å². The van der Waals surface area contributed by atoms with Crippen LogP contribution in [0.1, 0.15) is 6.92 Å². The van der Waals surface area contributed by atoms with Crippen LogP contribution in [0.4, 0.5) is 0 Å². The molecule has 0 bridgehead atoms. The second kappa shape index (κ2) is 6.23. The fourth-order valence-corrected chi connectivity index (χ4v) is 1.90. The van der Waals surface area contributed by atoms with Crippen molar-refractivity contribution in [1.29, 1.82) is 0 Å². The minimum atomic E-state index is -0.0695. The van der Waals surface area contributed by atoms with E-state index >= 15 is 0 Å². The summed E-state index contributed by atoms with van der Waals surface area (Å²) in [5, 5.41) is 0. The summed E-state index contributed by atoms with van der Waals surface area (Å²) in [5.74, 6) is 0. The summed E-state index contributed by atoms with van der Waals surface area (Å²) in [6, 6.07) is 0. The Hall–Kier alpha value is -0.420. The molecule has 0 aliphatic carbocycles. The van der Waals surface area contributed by atoms with Crippen LogP contribution in [0, 0.1) is 0 Å². The molecule has 4 atom stereocenters. The van der Waals surface area contributed by atoms with Gasteiger partial charge in [-0.05, 0) is 6.92 Å². The lowest BCUT2D eigenvalue weighted by Crippen LogP contribution is -2.37. The summed E-state index contributed by atoms with van der Waals surface area (Å²) in [7, 11) is 3.32. The van der Waals surface area contributed by atoms with Gasteiger partial charge in [0.25, 0.3) is 0 Å². The predicted octanol–water partition coefficient (Wildman–Crippen LogP) is 1.01. The van der Waals surface area contributed by atoms with E-state index in [0.29, 0.717) is 13.2 Å². The predicted molar refractivity (Wildman–Crippen MR) is 56.9 cm³/mol. The van der Waals surface area contributed by atoms with Crippen LogP contribution in [0.2, 0.25) is 0 Å². The van der Waals surface area contributed by atoms with Gasteiger partial charge in [0, 0.05) is 14.2 Å². The maximum atomic E-state index is 5.71. The van der Waals surface area contributed by atoms with Crippen LogP contribution in [0.5, 0.6) is 0 Å². The molecule has 1 saturated heterocycles. The second-order valence-corrected chi connectivity index (χ2v) is 3.62. The van der Waals surface area contributed by atoms with Gasteiger partial charge in [-0.15, -0.1) is 6.58 Å². The highest BCUT2D eigenvalue weighted by atomic mass is 16.6. The Labute approximate surface area is 91.1 Å².